The number of aryl methyl sites for hydroxylation is 1. The molecule has 0 amide bonds. The number of thiazole rings is 1. The Morgan fingerprint density at radius 2 is 1.87 bits per heavy atom. The lowest BCUT2D eigenvalue weighted by molar-refractivity contribution is 0.784. The minimum Gasteiger partial charge on any atom is -0.356 e. The first-order valence-electron chi connectivity index (χ1n) is 10.0. The van der Waals surface area contributed by atoms with Crippen molar-refractivity contribution in [2.24, 2.45) is 4.99 Å². The first kappa shape index (κ1) is 20.1. The van der Waals surface area contributed by atoms with Crippen molar-refractivity contribution in [3.05, 3.63) is 82.1 Å². The summed E-state index contributed by atoms with van der Waals surface area (Å²) in [5.41, 5.74) is 5.78. The third-order valence-electron chi connectivity index (χ3n) is 4.93. The number of nitrogens with zero attached hydrogens (tertiary/aromatic N) is 4. The van der Waals surface area contributed by atoms with Gasteiger partial charge in [0.05, 0.1) is 28.1 Å². The molecular weight excluding hydrogens is 392 g/mol. The van der Waals surface area contributed by atoms with Crippen LogP contribution in [-0.4, -0.2) is 34.1 Å². The van der Waals surface area contributed by atoms with Crippen LogP contribution in [0.3, 0.4) is 0 Å². The molecule has 2 heterocycles. The molecule has 2 aromatic carbocycles. The summed E-state index contributed by atoms with van der Waals surface area (Å²) in [7, 11) is 1.79. The number of fused-ring (bicyclic) bond motifs is 1. The molecule has 2 aromatic heterocycles. The van der Waals surface area contributed by atoms with Crippen LogP contribution in [0, 0.1) is 6.92 Å². The molecule has 0 saturated carbocycles. The topological polar surface area (TPSA) is 67.1 Å². The van der Waals surface area contributed by atoms with Gasteiger partial charge < -0.3 is 15.2 Å². The van der Waals surface area contributed by atoms with E-state index in [4.69, 9.17) is 0 Å². The number of para-hydroxylation sites is 2. The van der Waals surface area contributed by atoms with E-state index in [0.717, 1.165) is 53.7 Å². The van der Waals surface area contributed by atoms with Gasteiger partial charge in [-0.25, -0.2) is 9.97 Å². The fraction of sp³-hybridized carbons (Fsp3) is 0.261. The quantitative estimate of drug-likeness (QED) is 0.354. The van der Waals surface area contributed by atoms with Crippen molar-refractivity contribution >= 4 is 28.3 Å². The first-order valence-corrected chi connectivity index (χ1v) is 10.9. The molecule has 0 spiro atoms. The highest BCUT2D eigenvalue weighted by Gasteiger charge is 2.04. The van der Waals surface area contributed by atoms with E-state index in [0.29, 0.717) is 0 Å². The van der Waals surface area contributed by atoms with Gasteiger partial charge in [0.2, 0.25) is 0 Å². The van der Waals surface area contributed by atoms with Gasteiger partial charge in [0, 0.05) is 38.5 Å². The van der Waals surface area contributed by atoms with Crippen LogP contribution in [0.15, 0.2) is 65.2 Å². The van der Waals surface area contributed by atoms with Gasteiger partial charge >= 0.3 is 0 Å². The normalized spacial score (nSPS) is 11.7. The van der Waals surface area contributed by atoms with Crippen LogP contribution >= 0.6 is 11.3 Å². The Kier molecular flexibility index (Phi) is 6.39. The number of imidazole rings is 1. The summed E-state index contributed by atoms with van der Waals surface area (Å²) < 4.78 is 2.18. The van der Waals surface area contributed by atoms with Gasteiger partial charge in [-0.2, -0.15) is 0 Å². The summed E-state index contributed by atoms with van der Waals surface area (Å²) in [6.07, 6.45) is 2.80. The van der Waals surface area contributed by atoms with Gasteiger partial charge in [-0.3, -0.25) is 4.99 Å². The van der Waals surface area contributed by atoms with Crippen LogP contribution in [0.1, 0.15) is 21.8 Å². The monoisotopic (exact) mass is 418 g/mol. The van der Waals surface area contributed by atoms with Gasteiger partial charge in [0.1, 0.15) is 0 Å². The number of rotatable bonds is 7. The van der Waals surface area contributed by atoms with E-state index in [1.807, 2.05) is 31.5 Å². The Balaban J connectivity index is 1.27. The van der Waals surface area contributed by atoms with Crippen molar-refractivity contribution in [1.82, 2.24) is 25.2 Å². The summed E-state index contributed by atoms with van der Waals surface area (Å²) in [6, 6.07) is 16.9. The lowest BCUT2D eigenvalue weighted by Gasteiger charge is -2.12. The van der Waals surface area contributed by atoms with Crippen LogP contribution in [0.2, 0.25) is 0 Å². The Hall–Kier alpha value is -3.19. The molecule has 30 heavy (non-hydrogen) atoms. The van der Waals surface area contributed by atoms with Gasteiger partial charge in [0.25, 0.3) is 0 Å². The van der Waals surface area contributed by atoms with E-state index in [2.05, 4.69) is 65.9 Å². The first-order chi connectivity index (χ1) is 14.7. The molecule has 2 N–H and O–H groups in total. The van der Waals surface area contributed by atoms with Crippen LogP contribution < -0.4 is 10.6 Å². The zero-order valence-electron chi connectivity index (χ0n) is 17.3. The third-order valence-corrected chi connectivity index (χ3v) is 5.75. The molecule has 0 aliphatic heterocycles. The molecule has 4 aromatic rings. The molecule has 0 radical (unpaired) electrons. The van der Waals surface area contributed by atoms with Gasteiger partial charge in [-0.15, -0.1) is 11.3 Å². The zero-order chi connectivity index (χ0) is 20.8. The van der Waals surface area contributed by atoms with Crippen molar-refractivity contribution in [2.45, 2.75) is 26.4 Å². The fourth-order valence-electron chi connectivity index (χ4n) is 3.33. The van der Waals surface area contributed by atoms with Crippen molar-refractivity contribution < 1.29 is 0 Å². The standard InChI is InChI=1S/C23H26N6S/c1-17-28-20(15-30-17)11-12-25-23(24-2)26-13-18-7-9-19(10-8-18)14-29-16-27-21-5-3-4-6-22(21)29/h3-10,15-16H,11-14H2,1-2H3,(H2,24,25,26). The number of hydrogen-bond acceptors (Lipinski definition) is 4. The van der Waals surface area contributed by atoms with Gasteiger partial charge in [0.15, 0.2) is 5.96 Å². The van der Waals surface area contributed by atoms with E-state index in [1.54, 1.807) is 18.4 Å². The van der Waals surface area contributed by atoms with E-state index < -0.39 is 0 Å². The number of nitrogens with one attached hydrogen (secondary N) is 2. The summed E-state index contributed by atoms with van der Waals surface area (Å²) in [5.74, 6) is 0.802. The predicted octanol–water partition coefficient (Wildman–Crippen LogP) is 3.76. The molecule has 0 bridgehead atoms. The van der Waals surface area contributed by atoms with Crippen LogP contribution in [0.4, 0.5) is 0 Å². The summed E-state index contributed by atoms with van der Waals surface area (Å²) in [6.45, 7) is 4.38. The Morgan fingerprint density at radius 3 is 2.63 bits per heavy atom. The maximum atomic E-state index is 4.49. The highest BCUT2D eigenvalue weighted by Crippen LogP contribution is 2.14. The van der Waals surface area contributed by atoms with Crippen LogP contribution in [0.5, 0.6) is 0 Å². The zero-order valence-corrected chi connectivity index (χ0v) is 18.1. The molecule has 7 heteroatoms. The number of benzene rings is 2. The molecular formula is C23H26N6S. The molecule has 0 fully saturated rings. The third kappa shape index (κ3) is 5.04. The Bertz CT molecular complexity index is 1130. The van der Waals surface area contributed by atoms with E-state index in [9.17, 15) is 0 Å². The molecule has 0 aliphatic rings. The number of aliphatic imine (C=N–C) groups is 1. The lowest BCUT2D eigenvalue weighted by atomic mass is 10.1. The number of guanidine groups is 1. The fourth-order valence-corrected chi connectivity index (χ4v) is 3.98. The number of aromatic nitrogens is 3. The molecule has 154 valence electrons. The van der Waals surface area contributed by atoms with E-state index in [-0.39, 0.29) is 0 Å². The molecule has 0 atom stereocenters. The van der Waals surface area contributed by atoms with E-state index >= 15 is 0 Å². The molecule has 4 rings (SSSR count). The summed E-state index contributed by atoms with van der Waals surface area (Å²) >= 11 is 1.69. The largest absolute Gasteiger partial charge is 0.356 e. The highest BCUT2D eigenvalue weighted by molar-refractivity contribution is 7.09. The van der Waals surface area contributed by atoms with Crippen molar-refractivity contribution in [1.29, 1.82) is 0 Å². The van der Waals surface area contributed by atoms with Crippen LogP contribution in [-0.2, 0) is 19.5 Å². The van der Waals surface area contributed by atoms with Crippen molar-refractivity contribution in [3.63, 3.8) is 0 Å². The molecule has 0 unspecified atom stereocenters. The second-order valence-electron chi connectivity index (χ2n) is 7.14. The minimum absolute atomic E-state index is 0.726. The molecule has 0 aliphatic carbocycles. The van der Waals surface area contributed by atoms with Crippen molar-refractivity contribution in [3.8, 4) is 0 Å². The SMILES string of the molecule is CN=C(NCCc1csc(C)n1)NCc1ccc(Cn2cnc3ccccc32)cc1. The average Bonchev–Trinajstić information content (AvgIpc) is 3.38. The Labute approximate surface area is 180 Å². The second-order valence-corrected chi connectivity index (χ2v) is 8.20. The van der Waals surface area contributed by atoms with Crippen LogP contribution in [0.25, 0.3) is 11.0 Å². The van der Waals surface area contributed by atoms with E-state index in [1.165, 1.54) is 11.1 Å². The summed E-state index contributed by atoms with van der Waals surface area (Å²) in [5, 5.41) is 9.94. The maximum Gasteiger partial charge on any atom is 0.191 e. The lowest BCUT2D eigenvalue weighted by Crippen LogP contribution is -2.37. The van der Waals surface area contributed by atoms with Crippen molar-refractivity contribution in [2.75, 3.05) is 13.6 Å². The Morgan fingerprint density at radius 1 is 1.07 bits per heavy atom. The van der Waals surface area contributed by atoms with Gasteiger partial charge in [-0.05, 0) is 30.2 Å². The summed E-state index contributed by atoms with van der Waals surface area (Å²) in [4.78, 5) is 13.3. The predicted molar refractivity (Wildman–Crippen MR) is 124 cm³/mol. The highest BCUT2D eigenvalue weighted by atomic mass is 32.1. The second kappa shape index (κ2) is 9.54. The molecule has 6 nitrogen and oxygen atoms in total. The smallest absolute Gasteiger partial charge is 0.191 e. The van der Waals surface area contributed by atoms with Gasteiger partial charge in [-0.1, -0.05) is 36.4 Å². The molecule has 0 saturated heterocycles. The number of hydrogen-bond donors (Lipinski definition) is 2. The maximum absolute atomic E-state index is 4.49. The minimum atomic E-state index is 0.726. The average molecular weight is 419 g/mol.